The summed E-state index contributed by atoms with van der Waals surface area (Å²) in [4.78, 5) is 11.6. The average molecular weight is 222 g/mol. The summed E-state index contributed by atoms with van der Waals surface area (Å²) in [6.45, 7) is 3.12. The van der Waals surface area contributed by atoms with E-state index in [1.165, 1.54) is 0 Å². The number of phenols is 1. The van der Waals surface area contributed by atoms with E-state index in [1.807, 2.05) is 13.0 Å². The molecule has 0 saturated carbocycles. The third kappa shape index (κ3) is 3.24. The first-order chi connectivity index (χ1) is 7.69. The minimum Gasteiger partial charge on any atom is -0.507 e. The number of aromatic hydroxyl groups is 1. The van der Waals surface area contributed by atoms with Crippen molar-refractivity contribution in [3.05, 3.63) is 29.3 Å². The van der Waals surface area contributed by atoms with Gasteiger partial charge in [0.1, 0.15) is 5.75 Å². The Balaban J connectivity index is 2.77. The van der Waals surface area contributed by atoms with Crippen LogP contribution in [0.25, 0.3) is 0 Å². The summed E-state index contributed by atoms with van der Waals surface area (Å²) >= 11 is 0. The molecular formula is C12H18N2O2. The fraction of sp³-hybridized carbons (Fsp3) is 0.417. The lowest BCUT2D eigenvalue weighted by atomic mass is 10.1. The third-order valence-electron chi connectivity index (χ3n) is 2.28. The molecule has 4 heteroatoms. The summed E-state index contributed by atoms with van der Waals surface area (Å²) in [5.41, 5.74) is 6.66. The van der Waals surface area contributed by atoms with Crippen LogP contribution in [0.2, 0.25) is 0 Å². The highest BCUT2D eigenvalue weighted by Gasteiger charge is 2.10. The van der Waals surface area contributed by atoms with Gasteiger partial charge in [-0.2, -0.15) is 0 Å². The normalized spacial score (nSPS) is 10.1. The molecule has 4 nitrogen and oxygen atoms in total. The van der Waals surface area contributed by atoms with E-state index in [4.69, 9.17) is 5.73 Å². The summed E-state index contributed by atoms with van der Waals surface area (Å²) in [6, 6.07) is 5.03. The standard InChI is InChI=1S/C12H18N2O2/c1-2-7-14-12(16)10-4-3-9(5-6-13)8-11(10)15/h3-4,8,15H,2,5-7,13H2,1H3,(H,14,16). The highest BCUT2D eigenvalue weighted by Crippen LogP contribution is 2.18. The first-order valence-corrected chi connectivity index (χ1v) is 5.49. The largest absolute Gasteiger partial charge is 0.507 e. The zero-order valence-corrected chi connectivity index (χ0v) is 9.49. The summed E-state index contributed by atoms with van der Waals surface area (Å²) in [7, 11) is 0. The van der Waals surface area contributed by atoms with Gasteiger partial charge in [-0.25, -0.2) is 0 Å². The van der Waals surface area contributed by atoms with Gasteiger partial charge < -0.3 is 16.2 Å². The monoisotopic (exact) mass is 222 g/mol. The number of amides is 1. The SMILES string of the molecule is CCCNC(=O)c1ccc(CCN)cc1O. The number of carbonyl (C=O) groups excluding carboxylic acids is 1. The van der Waals surface area contributed by atoms with Crippen molar-refractivity contribution in [3.63, 3.8) is 0 Å². The van der Waals surface area contributed by atoms with Gasteiger partial charge in [-0.3, -0.25) is 4.79 Å². The van der Waals surface area contributed by atoms with Gasteiger partial charge in [0.05, 0.1) is 5.56 Å². The third-order valence-corrected chi connectivity index (χ3v) is 2.28. The average Bonchev–Trinajstić information content (AvgIpc) is 2.26. The lowest BCUT2D eigenvalue weighted by Gasteiger charge is -2.07. The zero-order valence-electron chi connectivity index (χ0n) is 9.49. The van der Waals surface area contributed by atoms with Crippen LogP contribution in [0.1, 0.15) is 29.3 Å². The van der Waals surface area contributed by atoms with E-state index >= 15 is 0 Å². The van der Waals surface area contributed by atoms with Crippen LogP contribution in [-0.4, -0.2) is 24.1 Å². The second-order valence-corrected chi connectivity index (χ2v) is 3.65. The van der Waals surface area contributed by atoms with Crippen molar-refractivity contribution in [1.82, 2.24) is 5.32 Å². The number of phenolic OH excluding ortho intramolecular Hbond substituents is 1. The maximum absolute atomic E-state index is 11.6. The molecule has 0 aliphatic carbocycles. The van der Waals surface area contributed by atoms with Crippen LogP contribution in [-0.2, 0) is 6.42 Å². The van der Waals surface area contributed by atoms with Gasteiger partial charge in [-0.05, 0) is 37.1 Å². The van der Waals surface area contributed by atoms with Gasteiger partial charge in [0.15, 0.2) is 0 Å². The van der Waals surface area contributed by atoms with Crippen LogP contribution in [0.3, 0.4) is 0 Å². The molecule has 1 rings (SSSR count). The first kappa shape index (κ1) is 12.5. The number of nitrogens with one attached hydrogen (secondary N) is 1. The molecule has 0 spiro atoms. The minimum atomic E-state index is -0.237. The van der Waals surface area contributed by atoms with E-state index in [9.17, 15) is 9.90 Å². The molecule has 1 amide bonds. The van der Waals surface area contributed by atoms with E-state index in [1.54, 1.807) is 12.1 Å². The van der Waals surface area contributed by atoms with Gasteiger partial charge in [-0.1, -0.05) is 13.0 Å². The topological polar surface area (TPSA) is 75.4 Å². The van der Waals surface area contributed by atoms with Crippen molar-refractivity contribution < 1.29 is 9.90 Å². The quantitative estimate of drug-likeness (QED) is 0.696. The predicted octanol–water partition coefficient (Wildman–Crippen LogP) is 1.03. The highest BCUT2D eigenvalue weighted by molar-refractivity contribution is 5.96. The second kappa shape index (κ2) is 6.12. The van der Waals surface area contributed by atoms with Crippen LogP contribution in [0.4, 0.5) is 0 Å². The molecule has 0 aliphatic heterocycles. The smallest absolute Gasteiger partial charge is 0.255 e. The van der Waals surface area contributed by atoms with Crippen LogP contribution in [0.5, 0.6) is 5.75 Å². The van der Waals surface area contributed by atoms with Gasteiger partial charge in [0.2, 0.25) is 0 Å². The Kier molecular flexibility index (Phi) is 4.79. The van der Waals surface area contributed by atoms with Gasteiger partial charge in [-0.15, -0.1) is 0 Å². The number of nitrogens with two attached hydrogens (primary N) is 1. The van der Waals surface area contributed by atoms with Crippen molar-refractivity contribution >= 4 is 5.91 Å². The molecule has 0 saturated heterocycles. The summed E-state index contributed by atoms with van der Waals surface area (Å²) in [6.07, 6.45) is 1.57. The molecule has 0 aromatic heterocycles. The van der Waals surface area contributed by atoms with Crippen molar-refractivity contribution in [3.8, 4) is 5.75 Å². The fourth-order valence-electron chi connectivity index (χ4n) is 1.43. The van der Waals surface area contributed by atoms with Crippen LogP contribution < -0.4 is 11.1 Å². The molecule has 1 aromatic rings. The van der Waals surface area contributed by atoms with Crippen LogP contribution >= 0.6 is 0 Å². The van der Waals surface area contributed by atoms with E-state index in [-0.39, 0.29) is 11.7 Å². The molecule has 88 valence electrons. The molecule has 0 atom stereocenters. The molecule has 16 heavy (non-hydrogen) atoms. The van der Waals surface area contributed by atoms with E-state index < -0.39 is 0 Å². The molecular weight excluding hydrogens is 204 g/mol. The van der Waals surface area contributed by atoms with Crippen molar-refractivity contribution in [2.75, 3.05) is 13.1 Å². The van der Waals surface area contributed by atoms with Crippen LogP contribution in [0, 0.1) is 0 Å². The number of carbonyl (C=O) groups is 1. The Morgan fingerprint density at radius 3 is 2.81 bits per heavy atom. The molecule has 0 radical (unpaired) electrons. The van der Waals surface area contributed by atoms with Crippen molar-refractivity contribution in [2.24, 2.45) is 5.73 Å². The van der Waals surface area contributed by atoms with Gasteiger partial charge in [0, 0.05) is 6.54 Å². The van der Waals surface area contributed by atoms with E-state index in [0.29, 0.717) is 25.1 Å². The Morgan fingerprint density at radius 1 is 1.50 bits per heavy atom. The Hall–Kier alpha value is -1.55. The molecule has 0 unspecified atom stereocenters. The van der Waals surface area contributed by atoms with E-state index in [2.05, 4.69) is 5.32 Å². The molecule has 0 bridgehead atoms. The number of hydrogen-bond acceptors (Lipinski definition) is 3. The van der Waals surface area contributed by atoms with Crippen LogP contribution in [0.15, 0.2) is 18.2 Å². The predicted molar refractivity (Wildman–Crippen MR) is 63.5 cm³/mol. The minimum absolute atomic E-state index is 0.0135. The van der Waals surface area contributed by atoms with Gasteiger partial charge >= 0.3 is 0 Å². The van der Waals surface area contributed by atoms with Crippen molar-refractivity contribution in [2.45, 2.75) is 19.8 Å². The van der Waals surface area contributed by atoms with Crippen molar-refractivity contribution in [1.29, 1.82) is 0 Å². The lowest BCUT2D eigenvalue weighted by molar-refractivity contribution is 0.0951. The maximum Gasteiger partial charge on any atom is 0.255 e. The lowest BCUT2D eigenvalue weighted by Crippen LogP contribution is -2.24. The Labute approximate surface area is 95.5 Å². The summed E-state index contributed by atoms with van der Waals surface area (Å²) in [5, 5.41) is 12.4. The molecule has 0 heterocycles. The summed E-state index contributed by atoms with van der Waals surface area (Å²) < 4.78 is 0. The molecule has 1 aromatic carbocycles. The zero-order chi connectivity index (χ0) is 12.0. The number of benzene rings is 1. The first-order valence-electron chi connectivity index (χ1n) is 5.49. The summed E-state index contributed by atoms with van der Waals surface area (Å²) in [5.74, 6) is -0.224. The Bertz CT molecular complexity index is 364. The number of rotatable bonds is 5. The highest BCUT2D eigenvalue weighted by atomic mass is 16.3. The number of hydrogen-bond donors (Lipinski definition) is 3. The molecule has 4 N–H and O–H groups in total. The molecule has 0 fully saturated rings. The second-order valence-electron chi connectivity index (χ2n) is 3.65. The molecule has 0 aliphatic rings. The van der Waals surface area contributed by atoms with E-state index in [0.717, 1.165) is 12.0 Å². The maximum atomic E-state index is 11.6. The van der Waals surface area contributed by atoms with Gasteiger partial charge in [0.25, 0.3) is 5.91 Å². The fourth-order valence-corrected chi connectivity index (χ4v) is 1.43. The Morgan fingerprint density at radius 2 is 2.25 bits per heavy atom.